The summed E-state index contributed by atoms with van der Waals surface area (Å²) >= 11 is 0. The molecule has 108 valence electrons. The average Bonchev–Trinajstić information content (AvgIpc) is 2.68. The van der Waals surface area contributed by atoms with Crippen LogP contribution in [0.2, 0.25) is 0 Å². The predicted molar refractivity (Wildman–Crippen MR) is 75.6 cm³/mol. The summed E-state index contributed by atoms with van der Waals surface area (Å²) in [5.74, 6) is 0.440. The number of esters is 1. The fraction of sp³-hybridized carbons (Fsp3) is 0.562. The van der Waals surface area contributed by atoms with E-state index in [1.54, 1.807) is 0 Å². The van der Waals surface area contributed by atoms with Crippen molar-refractivity contribution in [3.05, 3.63) is 30.3 Å². The van der Waals surface area contributed by atoms with E-state index in [1.807, 2.05) is 30.3 Å². The lowest BCUT2D eigenvalue weighted by molar-refractivity contribution is -0.154. The lowest BCUT2D eigenvalue weighted by Gasteiger charge is -2.35. The maximum absolute atomic E-state index is 11.8. The van der Waals surface area contributed by atoms with Gasteiger partial charge in [-0.1, -0.05) is 18.2 Å². The Balaban J connectivity index is 1.45. The van der Waals surface area contributed by atoms with Crippen molar-refractivity contribution in [2.24, 2.45) is 0 Å². The van der Waals surface area contributed by atoms with Gasteiger partial charge in [0.05, 0.1) is 0 Å². The van der Waals surface area contributed by atoms with Crippen LogP contribution in [-0.2, 0) is 9.53 Å². The van der Waals surface area contributed by atoms with Gasteiger partial charge < -0.3 is 14.4 Å². The number of piperidine rings is 1. The van der Waals surface area contributed by atoms with Gasteiger partial charge in [0.1, 0.15) is 11.9 Å². The van der Waals surface area contributed by atoms with E-state index < -0.39 is 0 Å². The molecule has 0 unspecified atom stereocenters. The number of hydrogen-bond donors (Lipinski definition) is 0. The van der Waals surface area contributed by atoms with E-state index in [2.05, 4.69) is 11.9 Å². The average molecular weight is 275 g/mol. The highest BCUT2D eigenvalue weighted by molar-refractivity contribution is 5.71. The molecule has 2 fully saturated rings. The molecular formula is C16H21NO3. The standard InChI is InChI=1S/C16H21NO3/c1-17-12-7-8-13(17)10-15(9-12)20-16(18)11-19-14-5-3-2-4-6-14/h2-6,12-13,15H,7-11H2,1H3/t12-,13-/m0/s1. The quantitative estimate of drug-likeness (QED) is 0.790. The Morgan fingerprint density at radius 1 is 1.20 bits per heavy atom. The van der Waals surface area contributed by atoms with Crippen LogP contribution in [0.1, 0.15) is 25.7 Å². The second kappa shape index (κ2) is 5.83. The molecule has 0 N–H and O–H groups in total. The van der Waals surface area contributed by atoms with Crippen molar-refractivity contribution in [3.63, 3.8) is 0 Å². The van der Waals surface area contributed by atoms with Gasteiger partial charge in [0.2, 0.25) is 0 Å². The molecule has 0 radical (unpaired) electrons. The van der Waals surface area contributed by atoms with E-state index in [0.29, 0.717) is 17.8 Å². The Bertz CT molecular complexity index is 448. The molecule has 2 atom stereocenters. The predicted octanol–water partition coefficient (Wildman–Crippen LogP) is 2.23. The second-order valence-electron chi connectivity index (χ2n) is 5.74. The summed E-state index contributed by atoms with van der Waals surface area (Å²) in [6, 6.07) is 10.5. The zero-order valence-electron chi connectivity index (χ0n) is 11.8. The molecule has 2 aliphatic heterocycles. The monoisotopic (exact) mass is 275 g/mol. The number of rotatable bonds is 4. The van der Waals surface area contributed by atoms with E-state index in [0.717, 1.165) is 12.8 Å². The van der Waals surface area contributed by atoms with Crippen molar-refractivity contribution in [1.29, 1.82) is 0 Å². The van der Waals surface area contributed by atoms with Crippen LogP contribution in [0.3, 0.4) is 0 Å². The fourth-order valence-electron chi connectivity index (χ4n) is 3.34. The minimum absolute atomic E-state index is 0.00825. The Morgan fingerprint density at radius 3 is 2.50 bits per heavy atom. The van der Waals surface area contributed by atoms with E-state index in [9.17, 15) is 4.79 Å². The number of nitrogens with zero attached hydrogens (tertiary/aromatic N) is 1. The molecule has 1 aromatic rings. The maximum Gasteiger partial charge on any atom is 0.344 e. The van der Waals surface area contributed by atoms with Gasteiger partial charge in [-0.3, -0.25) is 0 Å². The second-order valence-corrected chi connectivity index (χ2v) is 5.74. The number of para-hydroxylation sites is 1. The van der Waals surface area contributed by atoms with Gasteiger partial charge in [0.15, 0.2) is 6.61 Å². The first-order valence-electron chi connectivity index (χ1n) is 7.31. The molecule has 2 saturated heterocycles. The van der Waals surface area contributed by atoms with Crippen molar-refractivity contribution >= 4 is 5.97 Å². The maximum atomic E-state index is 11.8. The molecule has 2 bridgehead atoms. The summed E-state index contributed by atoms with van der Waals surface area (Å²) in [4.78, 5) is 14.3. The van der Waals surface area contributed by atoms with Gasteiger partial charge in [-0.05, 0) is 44.9 Å². The molecule has 2 aliphatic rings. The highest BCUT2D eigenvalue weighted by Gasteiger charge is 2.39. The first kappa shape index (κ1) is 13.4. The van der Waals surface area contributed by atoms with Gasteiger partial charge in [0.25, 0.3) is 0 Å². The van der Waals surface area contributed by atoms with Gasteiger partial charge in [-0.25, -0.2) is 4.79 Å². The van der Waals surface area contributed by atoms with E-state index in [1.165, 1.54) is 12.8 Å². The lowest BCUT2D eigenvalue weighted by Crippen LogP contribution is -2.43. The third-order valence-electron chi connectivity index (χ3n) is 4.45. The minimum Gasteiger partial charge on any atom is -0.482 e. The smallest absolute Gasteiger partial charge is 0.344 e. The molecule has 20 heavy (non-hydrogen) atoms. The SMILES string of the molecule is CN1[C@H]2CC[C@H]1CC(OC(=O)COc1ccccc1)C2. The lowest BCUT2D eigenvalue weighted by atomic mass is 10.0. The summed E-state index contributed by atoms with van der Waals surface area (Å²) in [7, 11) is 2.18. The summed E-state index contributed by atoms with van der Waals surface area (Å²) in [5.41, 5.74) is 0. The molecule has 1 aromatic carbocycles. The summed E-state index contributed by atoms with van der Waals surface area (Å²) < 4.78 is 11.0. The van der Waals surface area contributed by atoms with E-state index in [-0.39, 0.29) is 18.7 Å². The zero-order chi connectivity index (χ0) is 13.9. The van der Waals surface area contributed by atoms with Crippen LogP contribution in [0.4, 0.5) is 0 Å². The number of benzene rings is 1. The van der Waals surface area contributed by atoms with Crippen LogP contribution >= 0.6 is 0 Å². The molecule has 3 rings (SSSR count). The molecular weight excluding hydrogens is 254 g/mol. The molecule has 0 spiro atoms. The van der Waals surface area contributed by atoms with E-state index >= 15 is 0 Å². The molecule has 4 nitrogen and oxygen atoms in total. The van der Waals surface area contributed by atoms with Crippen LogP contribution in [0.15, 0.2) is 30.3 Å². The summed E-state index contributed by atoms with van der Waals surface area (Å²) in [6.07, 6.45) is 4.45. The Morgan fingerprint density at radius 2 is 1.85 bits per heavy atom. The van der Waals surface area contributed by atoms with Crippen molar-refractivity contribution in [1.82, 2.24) is 4.90 Å². The number of fused-ring (bicyclic) bond motifs is 2. The Kier molecular flexibility index (Phi) is 3.92. The Hall–Kier alpha value is -1.55. The molecule has 4 heteroatoms. The number of carbonyl (C=O) groups excluding carboxylic acids is 1. The Labute approximate surface area is 119 Å². The highest BCUT2D eigenvalue weighted by Crippen LogP contribution is 2.35. The molecule has 0 amide bonds. The first-order chi connectivity index (χ1) is 9.72. The van der Waals surface area contributed by atoms with Gasteiger partial charge >= 0.3 is 5.97 Å². The van der Waals surface area contributed by atoms with Crippen LogP contribution in [0.5, 0.6) is 5.75 Å². The number of carbonyl (C=O) groups is 1. The normalized spacial score (nSPS) is 29.1. The molecule has 2 heterocycles. The third kappa shape index (κ3) is 2.96. The number of ether oxygens (including phenoxy) is 2. The fourth-order valence-corrected chi connectivity index (χ4v) is 3.34. The topological polar surface area (TPSA) is 38.8 Å². The van der Waals surface area contributed by atoms with E-state index in [4.69, 9.17) is 9.47 Å². The largest absolute Gasteiger partial charge is 0.482 e. The van der Waals surface area contributed by atoms with Gasteiger partial charge in [-0.2, -0.15) is 0 Å². The van der Waals surface area contributed by atoms with Gasteiger partial charge in [-0.15, -0.1) is 0 Å². The van der Waals surface area contributed by atoms with Gasteiger partial charge in [0, 0.05) is 12.1 Å². The molecule has 0 aromatic heterocycles. The minimum atomic E-state index is -0.261. The zero-order valence-corrected chi connectivity index (χ0v) is 11.8. The van der Waals surface area contributed by atoms with Crippen LogP contribution in [0, 0.1) is 0 Å². The van der Waals surface area contributed by atoms with Crippen LogP contribution in [-0.4, -0.2) is 42.7 Å². The van der Waals surface area contributed by atoms with Crippen molar-refractivity contribution in [3.8, 4) is 5.75 Å². The summed E-state index contributed by atoms with van der Waals surface area (Å²) in [5, 5.41) is 0. The highest BCUT2D eigenvalue weighted by atomic mass is 16.6. The van der Waals surface area contributed by atoms with Crippen LogP contribution in [0.25, 0.3) is 0 Å². The third-order valence-corrected chi connectivity index (χ3v) is 4.45. The van der Waals surface area contributed by atoms with Crippen molar-refractivity contribution < 1.29 is 14.3 Å². The summed E-state index contributed by atoms with van der Waals surface area (Å²) in [6.45, 7) is -0.00825. The number of hydrogen-bond acceptors (Lipinski definition) is 4. The van der Waals surface area contributed by atoms with Crippen molar-refractivity contribution in [2.75, 3.05) is 13.7 Å². The van der Waals surface area contributed by atoms with Crippen LogP contribution < -0.4 is 4.74 Å². The molecule has 0 aliphatic carbocycles. The van der Waals surface area contributed by atoms with Crippen molar-refractivity contribution in [2.45, 2.75) is 43.9 Å². The molecule has 0 saturated carbocycles. The first-order valence-corrected chi connectivity index (χ1v) is 7.31.